The maximum Gasteiger partial charge on any atom is 0.240 e. The number of amides is 1. The molecule has 0 atom stereocenters. The molecular weight excluding hydrogens is 376 g/mol. The van der Waals surface area contributed by atoms with E-state index in [4.69, 9.17) is 16.3 Å². The molecule has 0 aliphatic heterocycles. The van der Waals surface area contributed by atoms with E-state index in [0.29, 0.717) is 28.6 Å². The summed E-state index contributed by atoms with van der Waals surface area (Å²) in [6, 6.07) is 11.3. The van der Waals surface area contributed by atoms with Crippen LogP contribution in [0.2, 0.25) is 5.02 Å². The molecule has 0 saturated heterocycles. The number of carbonyl (C=O) groups is 1. The molecule has 2 N–H and O–H groups in total. The minimum Gasteiger partial charge on any atom is -0.492 e. The molecule has 6 nitrogen and oxygen atoms in total. The van der Waals surface area contributed by atoms with Gasteiger partial charge in [0, 0.05) is 18.0 Å². The third-order valence-electron chi connectivity index (χ3n) is 3.57. The molecule has 1 amide bonds. The molecule has 0 aliphatic rings. The summed E-state index contributed by atoms with van der Waals surface area (Å²) in [5.74, 6) is 0.184. The van der Waals surface area contributed by atoms with Crippen molar-refractivity contribution in [2.75, 3.05) is 11.9 Å². The highest BCUT2D eigenvalue weighted by molar-refractivity contribution is 7.89. The van der Waals surface area contributed by atoms with Gasteiger partial charge in [-0.15, -0.1) is 0 Å². The Kier molecular flexibility index (Phi) is 7.02. The SMILES string of the molecule is CCOc1ccc(S(=O)(=O)NCc2ccccc2Cl)cc1NC(=O)CC. The van der Waals surface area contributed by atoms with Gasteiger partial charge < -0.3 is 10.1 Å². The van der Waals surface area contributed by atoms with Crippen molar-refractivity contribution in [1.29, 1.82) is 0 Å². The Bertz CT molecular complexity index is 885. The van der Waals surface area contributed by atoms with Crippen LogP contribution in [0.15, 0.2) is 47.4 Å². The number of hydrogen-bond acceptors (Lipinski definition) is 4. The zero-order chi connectivity index (χ0) is 19.2. The first-order valence-corrected chi connectivity index (χ1v) is 10.0. The fraction of sp³-hybridized carbons (Fsp3) is 0.278. The van der Waals surface area contributed by atoms with Crippen molar-refractivity contribution in [3.8, 4) is 5.75 Å². The third-order valence-corrected chi connectivity index (χ3v) is 5.33. The first-order valence-electron chi connectivity index (χ1n) is 8.17. The van der Waals surface area contributed by atoms with E-state index in [0.717, 1.165) is 0 Å². The van der Waals surface area contributed by atoms with Gasteiger partial charge in [0.2, 0.25) is 15.9 Å². The van der Waals surface area contributed by atoms with E-state index >= 15 is 0 Å². The summed E-state index contributed by atoms with van der Waals surface area (Å²) in [7, 11) is -3.79. The number of sulfonamides is 1. The van der Waals surface area contributed by atoms with Crippen molar-refractivity contribution >= 4 is 33.2 Å². The van der Waals surface area contributed by atoms with Gasteiger partial charge in [-0.2, -0.15) is 0 Å². The fourth-order valence-corrected chi connectivity index (χ4v) is 3.43. The Balaban J connectivity index is 2.26. The smallest absolute Gasteiger partial charge is 0.240 e. The predicted molar refractivity (Wildman–Crippen MR) is 102 cm³/mol. The van der Waals surface area contributed by atoms with Gasteiger partial charge in [-0.1, -0.05) is 36.7 Å². The van der Waals surface area contributed by atoms with Crippen molar-refractivity contribution in [3.63, 3.8) is 0 Å². The maximum absolute atomic E-state index is 12.6. The van der Waals surface area contributed by atoms with Gasteiger partial charge in [-0.05, 0) is 36.8 Å². The van der Waals surface area contributed by atoms with Crippen LogP contribution in [0.1, 0.15) is 25.8 Å². The number of carbonyl (C=O) groups excluding carboxylic acids is 1. The summed E-state index contributed by atoms with van der Waals surface area (Å²) in [5, 5.41) is 3.15. The Hall–Kier alpha value is -2.09. The van der Waals surface area contributed by atoms with Crippen LogP contribution in [0.3, 0.4) is 0 Å². The van der Waals surface area contributed by atoms with Crippen LogP contribution in [0, 0.1) is 0 Å². The van der Waals surface area contributed by atoms with E-state index in [1.54, 1.807) is 38.1 Å². The molecule has 0 aromatic heterocycles. The molecule has 2 aromatic carbocycles. The van der Waals surface area contributed by atoms with E-state index in [9.17, 15) is 13.2 Å². The zero-order valence-electron chi connectivity index (χ0n) is 14.6. The molecule has 0 heterocycles. The van der Waals surface area contributed by atoms with E-state index in [1.165, 1.54) is 18.2 Å². The minimum absolute atomic E-state index is 0.0272. The molecule has 2 rings (SSSR count). The average molecular weight is 397 g/mol. The molecule has 0 fully saturated rings. The highest BCUT2D eigenvalue weighted by atomic mass is 35.5. The molecule has 140 valence electrons. The van der Waals surface area contributed by atoms with Crippen LogP contribution >= 0.6 is 11.6 Å². The summed E-state index contributed by atoms with van der Waals surface area (Å²) in [4.78, 5) is 11.7. The van der Waals surface area contributed by atoms with Crippen LogP contribution in [-0.4, -0.2) is 20.9 Å². The molecule has 26 heavy (non-hydrogen) atoms. The molecule has 0 bridgehead atoms. The number of rotatable bonds is 8. The van der Waals surface area contributed by atoms with Crippen molar-refractivity contribution in [1.82, 2.24) is 4.72 Å². The Labute approximate surface area is 158 Å². The zero-order valence-corrected chi connectivity index (χ0v) is 16.2. The molecular formula is C18H21ClN2O4S. The Morgan fingerprint density at radius 1 is 1.15 bits per heavy atom. The summed E-state index contributed by atoms with van der Waals surface area (Å²) in [5.41, 5.74) is 0.988. The lowest BCUT2D eigenvalue weighted by molar-refractivity contribution is -0.115. The quantitative estimate of drug-likeness (QED) is 0.714. The van der Waals surface area contributed by atoms with Crippen LogP contribution in [-0.2, 0) is 21.4 Å². The number of nitrogens with one attached hydrogen (secondary N) is 2. The second-order valence-corrected chi connectivity index (χ2v) is 7.58. The highest BCUT2D eigenvalue weighted by Crippen LogP contribution is 2.28. The van der Waals surface area contributed by atoms with Crippen LogP contribution in [0.5, 0.6) is 5.75 Å². The van der Waals surface area contributed by atoms with Gasteiger partial charge in [0.1, 0.15) is 5.75 Å². The number of hydrogen-bond donors (Lipinski definition) is 2. The van der Waals surface area contributed by atoms with Gasteiger partial charge in [-0.3, -0.25) is 4.79 Å². The maximum atomic E-state index is 12.6. The minimum atomic E-state index is -3.79. The third kappa shape index (κ3) is 5.20. The van der Waals surface area contributed by atoms with Gasteiger partial charge in [0.05, 0.1) is 17.2 Å². The van der Waals surface area contributed by atoms with E-state index < -0.39 is 10.0 Å². The van der Waals surface area contributed by atoms with Crippen LogP contribution < -0.4 is 14.8 Å². The van der Waals surface area contributed by atoms with Crippen molar-refractivity contribution < 1.29 is 17.9 Å². The summed E-state index contributed by atoms with van der Waals surface area (Å²) < 4.78 is 33.1. The second kappa shape index (κ2) is 9.02. The normalized spacial score (nSPS) is 11.2. The molecule has 0 spiro atoms. The van der Waals surface area contributed by atoms with E-state index in [-0.39, 0.29) is 23.8 Å². The molecule has 0 unspecified atom stereocenters. The van der Waals surface area contributed by atoms with Crippen molar-refractivity contribution in [3.05, 3.63) is 53.1 Å². The van der Waals surface area contributed by atoms with E-state index in [2.05, 4.69) is 10.0 Å². The molecule has 0 saturated carbocycles. The molecule has 0 radical (unpaired) electrons. The fourth-order valence-electron chi connectivity index (χ4n) is 2.19. The Morgan fingerprint density at radius 3 is 2.54 bits per heavy atom. The molecule has 2 aromatic rings. The average Bonchev–Trinajstić information content (AvgIpc) is 2.62. The van der Waals surface area contributed by atoms with Crippen molar-refractivity contribution in [2.24, 2.45) is 0 Å². The van der Waals surface area contributed by atoms with Gasteiger partial charge in [-0.25, -0.2) is 13.1 Å². The molecule has 0 aliphatic carbocycles. The predicted octanol–water partition coefficient (Wildman–Crippen LogP) is 3.57. The lowest BCUT2D eigenvalue weighted by atomic mass is 10.2. The summed E-state index contributed by atoms with van der Waals surface area (Å²) in [6.07, 6.45) is 0.271. The Morgan fingerprint density at radius 2 is 1.88 bits per heavy atom. The van der Waals surface area contributed by atoms with Crippen molar-refractivity contribution in [2.45, 2.75) is 31.7 Å². The number of benzene rings is 2. The standard InChI is InChI=1S/C18H21ClN2O4S/c1-3-18(22)21-16-11-14(9-10-17(16)25-4-2)26(23,24)20-12-13-7-5-6-8-15(13)19/h5-11,20H,3-4,12H2,1-2H3,(H,21,22). The summed E-state index contributed by atoms with van der Waals surface area (Å²) in [6.45, 7) is 3.97. The van der Waals surface area contributed by atoms with Gasteiger partial charge in [0.25, 0.3) is 0 Å². The number of anilines is 1. The largest absolute Gasteiger partial charge is 0.492 e. The lowest BCUT2D eigenvalue weighted by Gasteiger charge is -2.14. The topological polar surface area (TPSA) is 84.5 Å². The lowest BCUT2D eigenvalue weighted by Crippen LogP contribution is -2.23. The number of ether oxygens (including phenoxy) is 1. The first kappa shape index (κ1) is 20.2. The monoisotopic (exact) mass is 396 g/mol. The highest BCUT2D eigenvalue weighted by Gasteiger charge is 2.18. The molecule has 8 heteroatoms. The summed E-state index contributed by atoms with van der Waals surface area (Å²) >= 11 is 6.05. The van der Waals surface area contributed by atoms with Crippen LogP contribution in [0.25, 0.3) is 0 Å². The van der Waals surface area contributed by atoms with Gasteiger partial charge >= 0.3 is 0 Å². The first-order chi connectivity index (χ1) is 12.4. The number of halogens is 1. The van der Waals surface area contributed by atoms with Gasteiger partial charge in [0.15, 0.2) is 0 Å². The van der Waals surface area contributed by atoms with E-state index in [1.807, 2.05) is 0 Å². The second-order valence-electron chi connectivity index (χ2n) is 5.41. The van der Waals surface area contributed by atoms with Crippen LogP contribution in [0.4, 0.5) is 5.69 Å².